The van der Waals surface area contributed by atoms with Gasteiger partial charge in [0.25, 0.3) is 5.89 Å². The van der Waals surface area contributed by atoms with Crippen LogP contribution in [0.15, 0.2) is 10.7 Å². The van der Waals surface area contributed by atoms with E-state index in [1.807, 2.05) is 0 Å². The molecule has 102 valence electrons. The maximum absolute atomic E-state index is 5.46. The summed E-state index contributed by atoms with van der Waals surface area (Å²) in [5.41, 5.74) is 6.04. The Balaban J connectivity index is 1.75. The second-order valence-electron chi connectivity index (χ2n) is 4.50. The zero-order valence-corrected chi connectivity index (χ0v) is 10.5. The topological polar surface area (TPSA) is 105 Å². The molecule has 0 atom stereocenters. The Labute approximate surface area is 109 Å². The molecule has 8 heteroatoms. The summed E-state index contributed by atoms with van der Waals surface area (Å²) in [5.74, 6) is 1.45. The molecule has 0 radical (unpaired) electrons. The number of nitrogens with two attached hydrogens (primary N) is 1. The number of ether oxygens (including phenoxy) is 1. The van der Waals surface area contributed by atoms with E-state index in [1.54, 1.807) is 10.9 Å². The number of aromatic nitrogens is 5. The van der Waals surface area contributed by atoms with Gasteiger partial charge in [0, 0.05) is 25.7 Å². The van der Waals surface area contributed by atoms with Crippen LogP contribution in [0.1, 0.15) is 24.6 Å². The van der Waals surface area contributed by atoms with Crippen LogP contribution in [0.4, 0.5) is 0 Å². The highest BCUT2D eigenvalue weighted by Gasteiger charge is 2.22. The summed E-state index contributed by atoms with van der Waals surface area (Å²) in [4.78, 5) is 4.40. The fourth-order valence-electron chi connectivity index (χ4n) is 2.10. The highest BCUT2D eigenvalue weighted by Crippen LogP contribution is 2.26. The first-order valence-electron chi connectivity index (χ1n) is 6.38. The van der Waals surface area contributed by atoms with E-state index in [2.05, 4.69) is 20.5 Å². The van der Waals surface area contributed by atoms with Gasteiger partial charge in [0.05, 0.1) is 12.7 Å². The summed E-state index contributed by atoms with van der Waals surface area (Å²) in [5, 5.41) is 12.0. The summed E-state index contributed by atoms with van der Waals surface area (Å²) in [6.45, 7) is 2.64. The van der Waals surface area contributed by atoms with Crippen molar-refractivity contribution in [2.45, 2.75) is 25.3 Å². The van der Waals surface area contributed by atoms with Gasteiger partial charge in [-0.05, 0) is 12.8 Å². The quantitative estimate of drug-likeness (QED) is 0.839. The van der Waals surface area contributed by atoms with Gasteiger partial charge < -0.3 is 15.0 Å². The summed E-state index contributed by atoms with van der Waals surface area (Å²) < 4.78 is 12.2. The predicted molar refractivity (Wildman–Crippen MR) is 65.2 cm³/mol. The Bertz CT molecular complexity index is 531. The van der Waals surface area contributed by atoms with Crippen LogP contribution in [0.2, 0.25) is 0 Å². The smallest absolute Gasteiger partial charge is 0.280 e. The predicted octanol–water partition coefficient (Wildman–Crippen LogP) is 0.181. The molecule has 3 rings (SSSR count). The number of nitrogens with zero attached hydrogens (tertiary/aromatic N) is 5. The number of rotatable bonds is 4. The molecule has 2 aromatic heterocycles. The van der Waals surface area contributed by atoms with E-state index in [9.17, 15) is 0 Å². The van der Waals surface area contributed by atoms with E-state index < -0.39 is 0 Å². The van der Waals surface area contributed by atoms with Gasteiger partial charge in [0.1, 0.15) is 0 Å². The van der Waals surface area contributed by atoms with Gasteiger partial charge in [-0.2, -0.15) is 4.98 Å². The van der Waals surface area contributed by atoms with Crippen LogP contribution < -0.4 is 5.73 Å². The molecule has 1 aliphatic heterocycles. The Morgan fingerprint density at radius 3 is 3.00 bits per heavy atom. The van der Waals surface area contributed by atoms with Crippen molar-refractivity contribution in [1.82, 2.24) is 25.1 Å². The highest BCUT2D eigenvalue weighted by atomic mass is 16.5. The second-order valence-corrected chi connectivity index (χ2v) is 4.50. The van der Waals surface area contributed by atoms with Gasteiger partial charge in [-0.15, -0.1) is 5.10 Å². The summed E-state index contributed by atoms with van der Waals surface area (Å²) in [7, 11) is 0. The van der Waals surface area contributed by atoms with E-state index in [4.69, 9.17) is 15.0 Å². The van der Waals surface area contributed by atoms with Crippen LogP contribution in [0.25, 0.3) is 11.6 Å². The minimum absolute atomic E-state index is 0.310. The average Bonchev–Trinajstić information content (AvgIpc) is 3.08. The van der Waals surface area contributed by atoms with Crippen LogP contribution in [0.5, 0.6) is 0 Å². The SMILES string of the molecule is NCCn1cc(-c2nc(C3CCOCC3)no2)nn1. The molecule has 0 aromatic carbocycles. The van der Waals surface area contributed by atoms with Crippen LogP contribution >= 0.6 is 0 Å². The first kappa shape index (κ1) is 12.2. The first-order valence-corrected chi connectivity index (χ1v) is 6.38. The van der Waals surface area contributed by atoms with Crippen molar-refractivity contribution < 1.29 is 9.26 Å². The van der Waals surface area contributed by atoms with Crippen molar-refractivity contribution in [3.05, 3.63) is 12.0 Å². The van der Waals surface area contributed by atoms with Gasteiger partial charge >= 0.3 is 0 Å². The van der Waals surface area contributed by atoms with Crippen LogP contribution in [0.3, 0.4) is 0 Å². The molecule has 3 heterocycles. The van der Waals surface area contributed by atoms with Crippen molar-refractivity contribution >= 4 is 0 Å². The third-order valence-electron chi connectivity index (χ3n) is 3.14. The third kappa shape index (κ3) is 2.64. The maximum atomic E-state index is 5.46. The Morgan fingerprint density at radius 1 is 1.37 bits per heavy atom. The molecule has 8 nitrogen and oxygen atoms in total. The molecule has 2 aromatic rings. The molecule has 1 aliphatic rings. The lowest BCUT2D eigenvalue weighted by Gasteiger charge is -2.18. The Hall–Kier alpha value is -1.80. The fraction of sp³-hybridized carbons (Fsp3) is 0.636. The van der Waals surface area contributed by atoms with Gasteiger partial charge in [-0.25, -0.2) is 0 Å². The van der Waals surface area contributed by atoms with Gasteiger partial charge in [-0.1, -0.05) is 10.4 Å². The third-order valence-corrected chi connectivity index (χ3v) is 3.14. The minimum Gasteiger partial charge on any atom is -0.381 e. The first-order chi connectivity index (χ1) is 9.36. The van der Waals surface area contributed by atoms with Gasteiger partial charge in [0.2, 0.25) is 0 Å². The molecular weight excluding hydrogens is 248 g/mol. The summed E-state index contributed by atoms with van der Waals surface area (Å²) in [6, 6.07) is 0. The van der Waals surface area contributed by atoms with Crippen molar-refractivity contribution in [2.24, 2.45) is 5.73 Å². The number of hydrogen-bond donors (Lipinski definition) is 1. The monoisotopic (exact) mass is 264 g/mol. The molecular formula is C11H16N6O2. The zero-order chi connectivity index (χ0) is 13.1. The van der Waals surface area contributed by atoms with Crippen molar-refractivity contribution in [1.29, 1.82) is 0 Å². The molecule has 1 saturated heterocycles. The molecule has 0 amide bonds. The fourth-order valence-corrected chi connectivity index (χ4v) is 2.10. The molecule has 0 unspecified atom stereocenters. The molecule has 0 bridgehead atoms. The largest absolute Gasteiger partial charge is 0.381 e. The standard InChI is InChI=1S/C11H16N6O2/c12-3-4-17-7-9(14-16-17)11-13-10(15-19-11)8-1-5-18-6-2-8/h7-8H,1-6,12H2. The van der Waals surface area contributed by atoms with Gasteiger partial charge in [0.15, 0.2) is 11.5 Å². The van der Waals surface area contributed by atoms with E-state index in [-0.39, 0.29) is 0 Å². The second kappa shape index (κ2) is 5.45. The lowest BCUT2D eigenvalue weighted by atomic mass is 10.00. The highest BCUT2D eigenvalue weighted by molar-refractivity contribution is 5.43. The molecule has 2 N–H and O–H groups in total. The van der Waals surface area contributed by atoms with E-state index in [1.165, 1.54) is 0 Å². The van der Waals surface area contributed by atoms with Crippen LogP contribution in [-0.2, 0) is 11.3 Å². The van der Waals surface area contributed by atoms with Crippen LogP contribution in [0, 0.1) is 0 Å². The minimum atomic E-state index is 0.310. The number of hydrogen-bond acceptors (Lipinski definition) is 7. The molecule has 1 fully saturated rings. The lowest BCUT2D eigenvalue weighted by molar-refractivity contribution is 0.0830. The van der Waals surface area contributed by atoms with E-state index in [0.29, 0.717) is 30.6 Å². The average molecular weight is 264 g/mol. The Morgan fingerprint density at radius 2 is 2.21 bits per heavy atom. The summed E-state index contributed by atoms with van der Waals surface area (Å²) >= 11 is 0. The van der Waals surface area contributed by atoms with Crippen molar-refractivity contribution in [3.63, 3.8) is 0 Å². The molecule has 0 saturated carbocycles. The molecule has 19 heavy (non-hydrogen) atoms. The van der Waals surface area contributed by atoms with Crippen LogP contribution in [-0.4, -0.2) is 44.9 Å². The van der Waals surface area contributed by atoms with Crippen molar-refractivity contribution in [2.75, 3.05) is 19.8 Å². The van der Waals surface area contributed by atoms with Gasteiger partial charge in [-0.3, -0.25) is 4.68 Å². The Kier molecular flexibility index (Phi) is 3.51. The normalized spacial score (nSPS) is 16.9. The molecule has 0 aliphatic carbocycles. The maximum Gasteiger partial charge on any atom is 0.280 e. The summed E-state index contributed by atoms with van der Waals surface area (Å²) in [6.07, 6.45) is 3.62. The molecule has 0 spiro atoms. The van der Waals surface area contributed by atoms with Crippen molar-refractivity contribution in [3.8, 4) is 11.6 Å². The zero-order valence-electron chi connectivity index (χ0n) is 10.5. The van der Waals surface area contributed by atoms with E-state index >= 15 is 0 Å². The van der Waals surface area contributed by atoms with E-state index in [0.717, 1.165) is 31.9 Å². The lowest BCUT2D eigenvalue weighted by Crippen LogP contribution is -2.15.